The molecule has 1 aliphatic carbocycles. The van der Waals surface area contributed by atoms with Crippen LogP contribution in [0.15, 0.2) is 0 Å². The van der Waals surface area contributed by atoms with Crippen LogP contribution in [0.1, 0.15) is 6.42 Å². The summed E-state index contributed by atoms with van der Waals surface area (Å²) in [5.74, 6) is -0.00926. The highest BCUT2D eigenvalue weighted by atomic mass is 19.1. The second-order valence-electron chi connectivity index (χ2n) is 1.69. The van der Waals surface area contributed by atoms with Crippen LogP contribution in [-0.2, 0) is 0 Å². The largest absolute Gasteiger partial charge is 0.396 e. The maximum atomic E-state index is 11.6. The Morgan fingerprint density at radius 1 is 1.83 bits per heavy atom. The van der Waals surface area contributed by atoms with Crippen molar-refractivity contribution in [3.8, 4) is 0 Å². The lowest BCUT2D eigenvalue weighted by Gasteiger charge is -1.76. The molecule has 1 fully saturated rings. The minimum Gasteiger partial charge on any atom is -0.396 e. The monoisotopic (exact) mass is 90.0 g/mol. The van der Waals surface area contributed by atoms with Gasteiger partial charge in [-0.25, -0.2) is 4.39 Å². The van der Waals surface area contributed by atoms with Gasteiger partial charge in [-0.3, -0.25) is 0 Å². The molecule has 0 aromatic rings. The molecule has 0 amide bonds. The first kappa shape index (κ1) is 4.06. The van der Waals surface area contributed by atoms with Gasteiger partial charge in [-0.2, -0.15) is 0 Å². The number of aliphatic hydroxyl groups is 1. The van der Waals surface area contributed by atoms with E-state index in [9.17, 15) is 4.39 Å². The van der Waals surface area contributed by atoms with Gasteiger partial charge in [0.25, 0.3) is 0 Å². The first-order valence-corrected chi connectivity index (χ1v) is 2.09. The van der Waals surface area contributed by atoms with Gasteiger partial charge < -0.3 is 5.11 Å². The van der Waals surface area contributed by atoms with Crippen molar-refractivity contribution in [1.29, 1.82) is 0 Å². The molecule has 1 nitrogen and oxygen atoms in total. The molecule has 1 N–H and O–H groups in total. The summed E-state index contributed by atoms with van der Waals surface area (Å²) in [7, 11) is 0. The summed E-state index contributed by atoms with van der Waals surface area (Å²) in [6.45, 7) is 0.0289. The molecule has 36 valence electrons. The molecule has 0 radical (unpaired) electrons. The van der Waals surface area contributed by atoms with Gasteiger partial charge in [0.15, 0.2) is 0 Å². The van der Waals surface area contributed by atoms with Crippen LogP contribution in [0.25, 0.3) is 0 Å². The molecular weight excluding hydrogens is 83.0 g/mol. The van der Waals surface area contributed by atoms with Crippen LogP contribution in [0.4, 0.5) is 4.39 Å². The number of aliphatic hydroxyl groups excluding tert-OH is 1. The van der Waals surface area contributed by atoms with Crippen LogP contribution in [0, 0.1) is 5.92 Å². The third-order valence-corrected chi connectivity index (χ3v) is 1.07. The average molecular weight is 90.1 g/mol. The van der Waals surface area contributed by atoms with Crippen LogP contribution in [0.2, 0.25) is 0 Å². The Morgan fingerprint density at radius 3 is 2.33 bits per heavy atom. The van der Waals surface area contributed by atoms with Crippen molar-refractivity contribution in [3.63, 3.8) is 0 Å². The van der Waals surface area contributed by atoms with Gasteiger partial charge in [-0.15, -0.1) is 0 Å². The second-order valence-corrected chi connectivity index (χ2v) is 1.69. The van der Waals surface area contributed by atoms with Crippen molar-refractivity contribution < 1.29 is 9.50 Å². The Hall–Kier alpha value is -0.110. The molecule has 1 saturated carbocycles. The molecule has 0 spiro atoms. The smallest absolute Gasteiger partial charge is 0.106 e. The Morgan fingerprint density at radius 2 is 2.33 bits per heavy atom. The van der Waals surface area contributed by atoms with Crippen molar-refractivity contribution in [2.45, 2.75) is 12.6 Å². The Kier molecular flexibility index (Phi) is 0.804. The van der Waals surface area contributed by atoms with Crippen LogP contribution in [-0.4, -0.2) is 17.9 Å². The third kappa shape index (κ3) is 0.522. The molecule has 0 saturated heterocycles. The SMILES string of the molecule is OCC1C[C@@H]1F. The maximum absolute atomic E-state index is 11.6. The van der Waals surface area contributed by atoms with Gasteiger partial charge in [0, 0.05) is 12.5 Å². The minimum atomic E-state index is -0.685. The van der Waals surface area contributed by atoms with Gasteiger partial charge >= 0.3 is 0 Å². The van der Waals surface area contributed by atoms with Gasteiger partial charge in [-0.1, -0.05) is 0 Å². The summed E-state index contributed by atoms with van der Waals surface area (Å²) in [5, 5.41) is 8.14. The number of halogens is 1. The molecule has 0 aromatic heterocycles. The summed E-state index contributed by atoms with van der Waals surface area (Å²) in [6.07, 6.45) is -0.105. The molecule has 0 aliphatic heterocycles. The fourth-order valence-electron chi connectivity index (χ4n) is 0.400. The van der Waals surface area contributed by atoms with Crippen molar-refractivity contribution in [2.75, 3.05) is 6.61 Å². The van der Waals surface area contributed by atoms with Crippen molar-refractivity contribution >= 4 is 0 Å². The van der Waals surface area contributed by atoms with Crippen LogP contribution in [0.5, 0.6) is 0 Å². The van der Waals surface area contributed by atoms with E-state index in [2.05, 4.69) is 0 Å². The summed E-state index contributed by atoms with van der Waals surface area (Å²) in [5.41, 5.74) is 0. The lowest BCUT2D eigenvalue weighted by atomic mass is 10.5. The number of rotatable bonds is 1. The van der Waals surface area contributed by atoms with E-state index in [1.165, 1.54) is 0 Å². The normalized spacial score (nSPS) is 43.0. The van der Waals surface area contributed by atoms with Gasteiger partial charge in [0.1, 0.15) is 6.17 Å². The zero-order chi connectivity index (χ0) is 4.57. The Bertz CT molecular complexity index is 53.5. The average Bonchev–Trinajstić information content (AvgIpc) is 2.19. The molecule has 0 aromatic carbocycles. The fourth-order valence-corrected chi connectivity index (χ4v) is 0.400. The number of hydrogen-bond acceptors (Lipinski definition) is 1. The molecular formula is C4H7FO. The van der Waals surface area contributed by atoms with E-state index in [0.29, 0.717) is 6.42 Å². The molecule has 0 heterocycles. The summed E-state index contributed by atoms with van der Waals surface area (Å²) in [4.78, 5) is 0. The lowest BCUT2D eigenvalue weighted by Crippen LogP contribution is -1.85. The predicted molar refractivity (Wildman–Crippen MR) is 20.1 cm³/mol. The molecule has 6 heavy (non-hydrogen) atoms. The van der Waals surface area contributed by atoms with Crippen LogP contribution in [0.3, 0.4) is 0 Å². The summed E-state index contributed by atoms with van der Waals surface area (Å²) >= 11 is 0. The zero-order valence-electron chi connectivity index (χ0n) is 3.39. The van der Waals surface area contributed by atoms with E-state index in [-0.39, 0.29) is 12.5 Å². The van der Waals surface area contributed by atoms with Gasteiger partial charge in [0.05, 0.1) is 0 Å². The Balaban J connectivity index is 2.09. The molecule has 2 heteroatoms. The van der Waals surface area contributed by atoms with Gasteiger partial charge in [-0.05, 0) is 6.42 Å². The zero-order valence-corrected chi connectivity index (χ0v) is 3.39. The van der Waals surface area contributed by atoms with E-state index in [1.54, 1.807) is 0 Å². The first-order valence-electron chi connectivity index (χ1n) is 2.09. The second kappa shape index (κ2) is 1.19. The molecule has 1 unspecified atom stereocenters. The topological polar surface area (TPSA) is 20.2 Å². The highest BCUT2D eigenvalue weighted by Crippen LogP contribution is 2.32. The van der Waals surface area contributed by atoms with Gasteiger partial charge in [0.2, 0.25) is 0 Å². The van der Waals surface area contributed by atoms with E-state index in [1.807, 2.05) is 0 Å². The molecule has 0 bridgehead atoms. The number of alkyl halides is 1. The lowest BCUT2D eigenvalue weighted by molar-refractivity contribution is 0.258. The van der Waals surface area contributed by atoms with Crippen LogP contribution >= 0.6 is 0 Å². The quantitative estimate of drug-likeness (QED) is 0.492. The van der Waals surface area contributed by atoms with Crippen molar-refractivity contribution in [3.05, 3.63) is 0 Å². The summed E-state index contributed by atoms with van der Waals surface area (Å²) in [6, 6.07) is 0. The maximum Gasteiger partial charge on any atom is 0.106 e. The number of hydrogen-bond donors (Lipinski definition) is 1. The third-order valence-electron chi connectivity index (χ3n) is 1.07. The van der Waals surface area contributed by atoms with E-state index >= 15 is 0 Å². The van der Waals surface area contributed by atoms with Crippen molar-refractivity contribution in [1.82, 2.24) is 0 Å². The van der Waals surface area contributed by atoms with E-state index in [0.717, 1.165) is 0 Å². The van der Waals surface area contributed by atoms with Crippen molar-refractivity contribution in [2.24, 2.45) is 5.92 Å². The molecule has 1 rings (SSSR count). The van der Waals surface area contributed by atoms with E-state index in [4.69, 9.17) is 5.11 Å². The predicted octanol–water partition coefficient (Wildman–Crippen LogP) is 0.337. The Labute approximate surface area is 35.8 Å². The highest BCUT2D eigenvalue weighted by Gasteiger charge is 2.36. The van der Waals surface area contributed by atoms with E-state index < -0.39 is 6.17 Å². The fraction of sp³-hybridized carbons (Fsp3) is 1.00. The highest BCUT2D eigenvalue weighted by molar-refractivity contribution is 4.84. The molecule has 2 atom stereocenters. The standard InChI is InChI=1S/C4H7FO/c5-4-1-3(4)2-6/h3-4,6H,1-2H2/t3?,4-/m0/s1. The first-order chi connectivity index (χ1) is 2.84. The van der Waals surface area contributed by atoms with Crippen LogP contribution < -0.4 is 0 Å². The minimum absolute atomic E-state index is 0.00926. The molecule has 1 aliphatic rings. The summed E-state index contributed by atoms with van der Waals surface area (Å²) < 4.78 is 11.6.